The largest absolute Gasteiger partial charge is 0.322 e. The van der Waals surface area contributed by atoms with E-state index < -0.39 is 10.0 Å². The van der Waals surface area contributed by atoms with Crippen LogP contribution in [0.2, 0.25) is 5.02 Å². The Labute approximate surface area is 169 Å². The number of halogens is 1. The Balaban J connectivity index is 1.78. The fraction of sp³-hybridized carbons (Fsp3) is 0.0952. The van der Waals surface area contributed by atoms with Gasteiger partial charge in [0.2, 0.25) is 0 Å². The molecule has 0 aliphatic heterocycles. The molecule has 3 aromatic carbocycles. The standard InChI is InChI=1S/C21H19ClN2O3S/c1-14-6-3-4-8-19(14)24-28(26,27)17-12-10-16(11-13-17)21(25)23-20-9-5-7-18(22)15(20)2/h3-13,24H,1-2H3,(H,23,25). The first-order valence-electron chi connectivity index (χ1n) is 8.53. The zero-order valence-electron chi connectivity index (χ0n) is 15.4. The number of nitrogens with one attached hydrogen (secondary N) is 2. The van der Waals surface area contributed by atoms with Gasteiger partial charge in [-0.3, -0.25) is 9.52 Å². The summed E-state index contributed by atoms with van der Waals surface area (Å²) < 4.78 is 27.7. The topological polar surface area (TPSA) is 75.3 Å². The lowest BCUT2D eigenvalue weighted by Gasteiger charge is -2.12. The van der Waals surface area contributed by atoms with Crippen LogP contribution in [0.3, 0.4) is 0 Å². The van der Waals surface area contributed by atoms with Crippen LogP contribution in [0.25, 0.3) is 0 Å². The van der Waals surface area contributed by atoms with Crippen molar-refractivity contribution in [2.45, 2.75) is 18.7 Å². The van der Waals surface area contributed by atoms with E-state index >= 15 is 0 Å². The molecule has 2 N–H and O–H groups in total. The van der Waals surface area contributed by atoms with Crippen LogP contribution in [0, 0.1) is 13.8 Å². The van der Waals surface area contributed by atoms with E-state index in [0.717, 1.165) is 11.1 Å². The van der Waals surface area contributed by atoms with E-state index in [1.165, 1.54) is 24.3 Å². The van der Waals surface area contributed by atoms with Crippen LogP contribution in [-0.4, -0.2) is 14.3 Å². The molecule has 0 unspecified atom stereocenters. The lowest BCUT2D eigenvalue weighted by atomic mass is 10.1. The van der Waals surface area contributed by atoms with Crippen molar-refractivity contribution in [2.24, 2.45) is 0 Å². The smallest absolute Gasteiger partial charge is 0.261 e. The van der Waals surface area contributed by atoms with Crippen molar-refractivity contribution in [3.8, 4) is 0 Å². The van der Waals surface area contributed by atoms with Gasteiger partial charge in [-0.15, -0.1) is 0 Å². The zero-order valence-corrected chi connectivity index (χ0v) is 16.9. The molecule has 3 rings (SSSR count). The maximum Gasteiger partial charge on any atom is 0.261 e. The summed E-state index contributed by atoms with van der Waals surface area (Å²) in [6.45, 7) is 3.63. The molecule has 0 aromatic heterocycles. The van der Waals surface area contributed by atoms with E-state index in [-0.39, 0.29) is 10.8 Å². The highest BCUT2D eigenvalue weighted by Crippen LogP contribution is 2.24. The van der Waals surface area contributed by atoms with Gasteiger partial charge in [-0.1, -0.05) is 35.9 Å². The predicted molar refractivity (Wildman–Crippen MR) is 113 cm³/mol. The fourth-order valence-electron chi connectivity index (χ4n) is 2.61. The highest BCUT2D eigenvalue weighted by atomic mass is 35.5. The molecule has 7 heteroatoms. The van der Waals surface area contributed by atoms with E-state index in [4.69, 9.17) is 11.6 Å². The second-order valence-corrected chi connectivity index (χ2v) is 8.40. The minimum Gasteiger partial charge on any atom is -0.322 e. The average molecular weight is 415 g/mol. The first-order chi connectivity index (χ1) is 13.3. The number of sulfonamides is 1. The second kappa shape index (κ2) is 8.04. The van der Waals surface area contributed by atoms with Gasteiger partial charge in [-0.2, -0.15) is 0 Å². The summed E-state index contributed by atoms with van der Waals surface area (Å²) in [5.41, 5.74) is 3.04. The molecule has 0 saturated heterocycles. The van der Waals surface area contributed by atoms with E-state index in [0.29, 0.717) is 22.0 Å². The number of hydrogen-bond acceptors (Lipinski definition) is 3. The van der Waals surface area contributed by atoms with Crippen molar-refractivity contribution < 1.29 is 13.2 Å². The van der Waals surface area contributed by atoms with Crippen molar-refractivity contribution in [2.75, 3.05) is 10.0 Å². The molecular formula is C21H19ClN2O3S. The van der Waals surface area contributed by atoms with Gasteiger partial charge in [-0.25, -0.2) is 8.42 Å². The number of anilines is 2. The number of amides is 1. The maximum absolute atomic E-state index is 12.6. The number of aryl methyl sites for hydroxylation is 1. The van der Waals surface area contributed by atoms with Crippen molar-refractivity contribution >= 4 is 38.9 Å². The van der Waals surface area contributed by atoms with Crippen molar-refractivity contribution in [1.29, 1.82) is 0 Å². The van der Waals surface area contributed by atoms with Crippen LogP contribution < -0.4 is 10.0 Å². The third-order valence-corrected chi connectivity index (χ3v) is 6.12. The Kier molecular flexibility index (Phi) is 5.72. The summed E-state index contributed by atoms with van der Waals surface area (Å²) in [6, 6.07) is 18.1. The van der Waals surface area contributed by atoms with E-state index in [1.807, 2.05) is 26.0 Å². The van der Waals surface area contributed by atoms with Crippen LogP contribution in [0.4, 0.5) is 11.4 Å². The molecule has 0 aliphatic rings. The lowest BCUT2D eigenvalue weighted by Crippen LogP contribution is -2.15. The summed E-state index contributed by atoms with van der Waals surface area (Å²) in [5.74, 6) is -0.346. The van der Waals surface area contributed by atoms with Gasteiger partial charge in [-0.05, 0) is 67.4 Å². The molecule has 0 aliphatic carbocycles. The van der Waals surface area contributed by atoms with E-state index in [2.05, 4.69) is 10.0 Å². The van der Waals surface area contributed by atoms with Crippen LogP contribution in [0.5, 0.6) is 0 Å². The number of para-hydroxylation sites is 1. The Morgan fingerprint density at radius 3 is 2.18 bits per heavy atom. The van der Waals surface area contributed by atoms with E-state index in [1.54, 1.807) is 30.3 Å². The van der Waals surface area contributed by atoms with Gasteiger partial charge in [0.25, 0.3) is 15.9 Å². The third-order valence-electron chi connectivity index (χ3n) is 4.33. The molecule has 1 amide bonds. The molecule has 5 nitrogen and oxygen atoms in total. The molecule has 28 heavy (non-hydrogen) atoms. The molecule has 0 radical (unpaired) electrons. The molecule has 144 valence electrons. The molecule has 0 bridgehead atoms. The first-order valence-corrected chi connectivity index (χ1v) is 10.4. The quantitative estimate of drug-likeness (QED) is 0.616. The van der Waals surface area contributed by atoms with Crippen LogP contribution in [0.1, 0.15) is 21.5 Å². The minimum atomic E-state index is -3.75. The molecule has 3 aromatic rings. The fourth-order valence-corrected chi connectivity index (χ4v) is 3.92. The Morgan fingerprint density at radius 2 is 1.50 bits per heavy atom. The maximum atomic E-state index is 12.6. The summed E-state index contributed by atoms with van der Waals surface area (Å²) in [5, 5.41) is 3.34. The molecule has 0 spiro atoms. The van der Waals surface area contributed by atoms with Crippen molar-refractivity contribution in [1.82, 2.24) is 0 Å². The average Bonchev–Trinajstić information content (AvgIpc) is 2.67. The predicted octanol–water partition coefficient (Wildman–Crippen LogP) is 5.01. The SMILES string of the molecule is Cc1ccccc1NS(=O)(=O)c1ccc(C(=O)Nc2cccc(Cl)c2C)cc1. The Morgan fingerprint density at radius 1 is 0.857 bits per heavy atom. The lowest BCUT2D eigenvalue weighted by molar-refractivity contribution is 0.102. The molecule has 0 atom stereocenters. The Bertz CT molecular complexity index is 1130. The van der Waals surface area contributed by atoms with Gasteiger partial charge in [0.1, 0.15) is 0 Å². The third kappa shape index (κ3) is 4.35. The number of rotatable bonds is 5. The van der Waals surface area contributed by atoms with Crippen LogP contribution in [-0.2, 0) is 10.0 Å². The monoisotopic (exact) mass is 414 g/mol. The van der Waals surface area contributed by atoms with Crippen LogP contribution in [0.15, 0.2) is 71.6 Å². The zero-order chi connectivity index (χ0) is 20.3. The number of hydrogen-bond donors (Lipinski definition) is 2. The minimum absolute atomic E-state index is 0.0752. The van der Waals surface area contributed by atoms with Gasteiger partial charge in [0, 0.05) is 16.3 Å². The van der Waals surface area contributed by atoms with Gasteiger partial charge in [0.05, 0.1) is 10.6 Å². The van der Waals surface area contributed by atoms with Crippen molar-refractivity contribution in [3.63, 3.8) is 0 Å². The number of carbonyl (C=O) groups is 1. The molecule has 0 heterocycles. The van der Waals surface area contributed by atoms with Crippen molar-refractivity contribution in [3.05, 3.63) is 88.4 Å². The number of benzene rings is 3. The summed E-state index contributed by atoms with van der Waals surface area (Å²) in [6.07, 6.45) is 0. The number of carbonyl (C=O) groups excluding carboxylic acids is 1. The van der Waals surface area contributed by atoms with Gasteiger partial charge >= 0.3 is 0 Å². The highest BCUT2D eigenvalue weighted by molar-refractivity contribution is 7.92. The molecule has 0 fully saturated rings. The molecule has 0 saturated carbocycles. The normalized spacial score (nSPS) is 11.1. The summed E-state index contributed by atoms with van der Waals surface area (Å²) in [7, 11) is -3.75. The first kappa shape index (κ1) is 19.9. The summed E-state index contributed by atoms with van der Waals surface area (Å²) >= 11 is 6.07. The second-order valence-electron chi connectivity index (χ2n) is 6.31. The van der Waals surface area contributed by atoms with Gasteiger partial charge in [0.15, 0.2) is 0 Å². The highest BCUT2D eigenvalue weighted by Gasteiger charge is 2.16. The summed E-state index contributed by atoms with van der Waals surface area (Å²) in [4.78, 5) is 12.5. The van der Waals surface area contributed by atoms with Crippen LogP contribution >= 0.6 is 11.6 Å². The molecular weight excluding hydrogens is 396 g/mol. The van der Waals surface area contributed by atoms with E-state index in [9.17, 15) is 13.2 Å². The van der Waals surface area contributed by atoms with Gasteiger partial charge < -0.3 is 5.32 Å². The Hall–Kier alpha value is -2.83.